The third-order valence-electron chi connectivity index (χ3n) is 3.69. The number of rotatable bonds is 0. The summed E-state index contributed by atoms with van der Waals surface area (Å²) in [5, 5.41) is 3.54. The van der Waals surface area contributed by atoms with Crippen LogP contribution in [0.25, 0.3) is 0 Å². The van der Waals surface area contributed by atoms with Gasteiger partial charge < -0.3 is 5.32 Å². The molecule has 0 aliphatic carbocycles. The highest BCUT2D eigenvalue weighted by Gasteiger charge is 1.94. The lowest BCUT2D eigenvalue weighted by Gasteiger charge is -2.05. The molecule has 0 aromatic carbocycles. The molecular formula is C17H31N. The highest BCUT2D eigenvalue weighted by atomic mass is 14.8. The maximum absolute atomic E-state index is 3.54. The van der Waals surface area contributed by atoms with Crippen molar-refractivity contribution in [1.82, 2.24) is 5.32 Å². The minimum absolute atomic E-state index is 1.10. The van der Waals surface area contributed by atoms with Crippen LogP contribution in [0.5, 0.6) is 0 Å². The zero-order valence-electron chi connectivity index (χ0n) is 12.1. The second-order valence-corrected chi connectivity index (χ2v) is 5.49. The maximum Gasteiger partial charge on any atom is 0.00891 e. The summed E-state index contributed by atoms with van der Waals surface area (Å²) in [6, 6.07) is 0. The Labute approximate surface area is 114 Å². The average Bonchev–Trinajstić information content (AvgIpc) is 2.39. The summed E-state index contributed by atoms with van der Waals surface area (Å²) < 4.78 is 0. The van der Waals surface area contributed by atoms with Crippen LogP contribution in [0.1, 0.15) is 83.5 Å². The largest absolute Gasteiger partial charge is 0.317 e. The van der Waals surface area contributed by atoms with E-state index in [1.807, 2.05) is 0 Å². The molecule has 1 aliphatic rings. The Morgan fingerprint density at radius 3 is 1.44 bits per heavy atom. The molecule has 0 saturated carbocycles. The van der Waals surface area contributed by atoms with Crippen LogP contribution < -0.4 is 5.32 Å². The fourth-order valence-electron chi connectivity index (χ4n) is 2.47. The van der Waals surface area contributed by atoms with Crippen LogP contribution in [0.4, 0.5) is 0 Å². The van der Waals surface area contributed by atoms with Gasteiger partial charge in [-0.25, -0.2) is 0 Å². The summed E-state index contributed by atoms with van der Waals surface area (Å²) in [6.07, 6.45) is 17.4. The van der Waals surface area contributed by atoms with E-state index in [0.717, 1.165) is 12.8 Å². The fraction of sp³-hybridized carbons (Fsp3) is 0.882. The Bertz CT molecular complexity index is 201. The van der Waals surface area contributed by atoms with Crippen LogP contribution in [-0.4, -0.2) is 13.1 Å². The molecule has 0 aromatic rings. The maximum atomic E-state index is 3.54. The van der Waals surface area contributed by atoms with Crippen LogP contribution in [0.3, 0.4) is 0 Å². The zero-order valence-corrected chi connectivity index (χ0v) is 12.1. The molecule has 0 bridgehead atoms. The lowest BCUT2D eigenvalue weighted by molar-refractivity contribution is 0.540. The topological polar surface area (TPSA) is 12.0 Å². The van der Waals surface area contributed by atoms with E-state index in [9.17, 15) is 0 Å². The van der Waals surface area contributed by atoms with Gasteiger partial charge in [0, 0.05) is 12.8 Å². The molecule has 1 heteroatoms. The van der Waals surface area contributed by atoms with Crippen LogP contribution in [-0.2, 0) is 0 Å². The van der Waals surface area contributed by atoms with Crippen molar-refractivity contribution in [3.05, 3.63) is 0 Å². The van der Waals surface area contributed by atoms with Gasteiger partial charge >= 0.3 is 0 Å². The fourth-order valence-corrected chi connectivity index (χ4v) is 2.47. The summed E-state index contributed by atoms with van der Waals surface area (Å²) >= 11 is 0. The van der Waals surface area contributed by atoms with Crippen molar-refractivity contribution in [2.45, 2.75) is 83.5 Å². The van der Waals surface area contributed by atoms with Crippen LogP contribution >= 0.6 is 0 Å². The SMILES string of the molecule is C1#CCCCCNCCCCCCCCCCC1. The van der Waals surface area contributed by atoms with Gasteiger partial charge in [0.25, 0.3) is 0 Å². The molecule has 18 heavy (non-hydrogen) atoms. The molecule has 0 aromatic heterocycles. The van der Waals surface area contributed by atoms with Crippen molar-refractivity contribution in [3.63, 3.8) is 0 Å². The summed E-state index contributed by atoms with van der Waals surface area (Å²) in [4.78, 5) is 0. The second kappa shape index (κ2) is 13.0. The van der Waals surface area contributed by atoms with Crippen molar-refractivity contribution >= 4 is 0 Å². The van der Waals surface area contributed by atoms with Crippen LogP contribution in [0.2, 0.25) is 0 Å². The van der Waals surface area contributed by atoms with Crippen molar-refractivity contribution in [2.75, 3.05) is 13.1 Å². The van der Waals surface area contributed by atoms with Crippen molar-refractivity contribution in [2.24, 2.45) is 0 Å². The summed E-state index contributed by atoms with van der Waals surface area (Å²) in [5.41, 5.74) is 0. The first-order chi connectivity index (χ1) is 9.00. The Kier molecular flexibility index (Phi) is 11.2. The highest BCUT2D eigenvalue weighted by molar-refractivity contribution is 4.98. The van der Waals surface area contributed by atoms with E-state index in [-0.39, 0.29) is 0 Å². The summed E-state index contributed by atoms with van der Waals surface area (Å²) in [7, 11) is 0. The molecule has 0 fully saturated rings. The quantitative estimate of drug-likeness (QED) is 0.615. The van der Waals surface area contributed by atoms with Gasteiger partial charge in [-0.3, -0.25) is 0 Å². The Balaban J connectivity index is 2.09. The van der Waals surface area contributed by atoms with Gasteiger partial charge in [-0.1, -0.05) is 44.9 Å². The van der Waals surface area contributed by atoms with Crippen LogP contribution in [0.15, 0.2) is 0 Å². The summed E-state index contributed by atoms with van der Waals surface area (Å²) in [5.74, 6) is 6.63. The third-order valence-corrected chi connectivity index (χ3v) is 3.69. The summed E-state index contributed by atoms with van der Waals surface area (Å²) in [6.45, 7) is 2.40. The molecule has 1 aliphatic heterocycles. The minimum Gasteiger partial charge on any atom is -0.317 e. The van der Waals surface area contributed by atoms with Gasteiger partial charge in [-0.2, -0.15) is 0 Å². The van der Waals surface area contributed by atoms with Gasteiger partial charge in [0.1, 0.15) is 0 Å². The molecule has 1 N–H and O–H groups in total. The predicted octanol–water partition coefficient (Wildman–Crippen LogP) is 4.66. The molecule has 1 heterocycles. The average molecular weight is 249 g/mol. The van der Waals surface area contributed by atoms with E-state index in [2.05, 4.69) is 17.2 Å². The van der Waals surface area contributed by atoms with Gasteiger partial charge in [-0.15, -0.1) is 11.8 Å². The highest BCUT2D eigenvalue weighted by Crippen LogP contribution is 2.10. The first-order valence-electron chi connectivity index (χ1n) is 8.16. The van der Waals surface area contributed by atoms with Crippen molar-refractivity contribution in [1.29, 1.82) is 0 Å². The molecule has 0 amide bonds. The monoisotopic (exact) mass is 249 g/mol. The van der Waals surface area contributed by atoms with E-state index in [4.69, 9.17) is 0 Å². The molecule has 0 saturated heterocycles. The molecule has 1 rings (SSSR count). The lowest BCUT2D eigenvalue weighted by Crippen LogP contribution is -2.16. The predicted molar refractivity (Wildman–Crippen MR) is 80.7 cm³/mol. The Morgan fingerprint density at radius 2 is 0.833 bits per heavy atom. The third kappa shape index (κ3) is 10.7. The Morgan fingerprint density at radius 1 is 0.444 bits per heavy atom. The smallest absolute Gasteiger partial charge is 0.00891 e. The molecule has 0 radical (unpaired) electrons. The number of hydrogen-bond acceptors (Lipinski definition) is 1. The van der Waals surface area contributed by atoms with Crippen molar-refractivity contribution < 1.29 is 0 Å². The normalized spacial score (nSPS) is 22.2. The van der Waals surface area contributed by atoms with Gasteiger partial charge in [0.15, 0.2) is 0 Å². The van der Waals surface area contributed by atoms with Gasteiger partial charge in [0.2, 0.25) is 0 Å². The standard InChI is InChI=1S/C17H31N/c1-2-4-6-8-10-12-14-16-18-17-15-13-11-9-7-5-3-1/h18H,1-6,8,10-17H2. The lowest BCUT2D eigenvalue weighted by atomic mass is 10.1. The second-order valence-electron chi connectivity index (χ2n) is 5.49. The van der Waals surface area contributed by atoms with Gasteiger partial charge in [-0.05, 0) is 38.8 Å². The van der Waals surface area contributed by atoms with Crippen molar-refractivity contribution in [3.8, 4) is 11.8 Å². The zero-order chi connectivity index (χ0) is 12.7. The van der Waals surface area contributed by atoms with E-state index in [1.54, 1.807) is 0 Å². The molecule has 0 spiro atoms. The van der Waals surface area contributed by atoms with Crippen LogP contribution in [0, 0.1) is 11.8 Å². The van der Waals surface area contributed by atoms with E-state index < -0.39 is 0 Å². The molecule has 104 valence electrons. The Hall–Kier alpha value is -0.480. The molecule has 0 atom stereocenters. The minimum atomic E-state index is 1.10. The van der Waals surface area contributed by atoms with E-state index >= 15 is 0 Å². The van der Waals surface area contributed by atoms with E-state index in [1.165, 1.54) is 83.7 Å². The molecule has 0 unspecified atom stereocenters. The first kappa shape index (κ1) is 15.6. The van der Waals surface area contributed by atoms with Gasteiger partial charge in [0.05, 0.1) is 0 Å². The number of nitrogens with one attached hydrogen (secondary N) is 1. The first-order valence-corrected chi connectivity index (χ1v) is 8.16. The molecular weight excluding hydrogens is 218 g/mol. The molecule has 1 nitrogen and oxygen atoms in total. The van der Waals surface area contributed by atoms with E-state index in [0.29, 0.717) is 0 Å². The number of hydrogen-bond donors (Lipinski definition) is 1.